The first-order valence-electron chi connectivity index (χ1n) is 6.96. The van der Waals surface area contributed by atoms with Crippen LogP contribution < -0.4 is 5.32 Å². The molecule has 1 aliphatic rings. The first-order valence-corrected chi connectivity index (χ1v) is 8.04. The summed E-state index contributed by atoms with van der Waals surface area (Å²) in [6.45, 7) is 0. The summed E-state index contributed by atoms with van der Waals surface area (Å²) in [4.78, 5) is 12.2. The molecule has 2 rings (SSSR count). The Kier molecular flexibility index (Phi) is 5.48. The fourth-order valence-corrected chi connectivity index (χ4v) is 3.04. The molecule has 0 heterocycles. The van der Waals surface area contributed by atoms with Crippen LogP contribution in [0.2, 0.25) is 0 Å². The molecular formula is C15H20INO2. The SMILES string of the molecule is O=C(NC1CCCCCCC1)c1cc(I)ccc1O. The second-order valence-electron chi connectivity index (χ2n) is 5.18. The number of hydrogen-bond donors (Lipinski definition) is 2. The van der Waals surface area contributed by atoms with Crippen molar-refractivity contribution in [3.8, 4) is 5.75 Å². The van der Waals surface area contributed by atoms with E-state index in [2.05, 4.69) is 27.9 Å². The molecule has 1 aromatic rings. The van der Waals surface area contributed by atoms with Gasteiger partial charge in [0.15, 0.2) is 0 Å². The molecule has 2 N–H and O–H groups in total. The van der Waals surface area contributed by atoms with Gasteiger partial charge < -0.3 is 10.4 Å². The number of nitrogens with one attached hydrogen (secondary N) is 1. The van der Waals surface area contributed by atoms with Crippen LogP contribution in [0.4, 0.5) is 0 Å². The van der Waals surface area contributed by atoms with Crippen LogP contribution in [0.15, 0.2) is 18.2 Å². The molecule has 1 aromatic carbocycles. The maximum absolute atomic E-state index is 12.2. The van der Waals surface area contributed by atoms with Gasteiger partial charge in [0.25, 0.3) is 5.91 Å². The van der Waals surface area contributed by atoms with Gasteiger partial charge in [0.05, 0.1) is 5.56 Å². The van der Waals surface area contributed by atoms with Crippen LogP contribution in [0.5, 0.6) is 5.75 Å². The maximum Gasteiger partial charge on any atom is 0.255 e. The minimum atomic E-state index is -0.151. The molecule has 0 atom stereocenters. The average molecular weight is 373 g/mol. The summed E-state index contributed by atoms with van der Waals surface area (Å²) in [6, 6.07) is 5.36. The molecule has 4 heteroatoms. The number of rotatable bonds is 2. The van der Waals surface area contributed by atoms with Crippen LogP contribution in [0, 0.1) is 3.57 Å². The quantitative estimate of drug-likeness (QED) is 0.774. The lowest BCUT2D eigenvalue weighted by molar-refractivity contribution is 0.0927. The third-order valence-corrected chi connectivity index (χ3v) is 4.31. The zero-order chi connectivity index (χ0) is 13.7. The molecule has 0 saturated heterocycles. The number of carbonyl (C=O) groups excluding carboxylic acids is 1. The normalized spacial score (nSPS) is 17.5. The van der Waals surface area contributed by atoms with Crippen molar-refractivity contribution in [2.45, 2.75) is 51.0 Å². The first-order chi connectivity index (χ1) is 9.16. The number of hydrogen-bond acceptors (Lipinski definition) is 2. The fraction of sp³-hybridized carbons (Fsp3) is 0.533. The molecular weight excluding hydrogens is 353 g/mol. The van der Waals surface area contributed by atoms with E-state index in [0.29, 0.717) is 5.56 Å². The topological polar surface area (TPSA) is 49.3 Å². The van der Waals surface area contributed by atoms with Crippen molar-refractivity contribution in [3.05, 3.63) is 27.3 Å². The van der Waals surface area contributed by atoms with Crippen LogP contribution >= 0.6 is 22.6 Å². The van der Waals surface area contributed by atoms with Crippen molar-refractivity contribution in [1.82, 2.24) is 5.32 Å². The second-order valence-corrected chi connectivity index (χ2v) is 6.42. The second kappa shape index (κ2) is 7.12. The largest absolute Gasteiger partial charge is 0.507 e. The van der Waals surface area contributed by atoms with E-state index in [1.807, 2.05) is 0 Å². The van der Waals surface area contributed by atoms with Gasteiger partial charge in [0, 0.05) is 9.61 Å². The highest BCUT2D eigenvalue weighted by Crippen LogP contribution is 2.21. The zero-order valence-corrected chi connectivity index (χ0v) is 13.2. The molecule has 0 spiro atoms. The number of amides is 1. The third-order valence-electron chi connectivity index (χ3n) is 3.64. The van der Waals surface area contributed by atoms with E-state index in [9.17, 15) is 9.90 Å². The molecule has 0 bridgehead atoms. The van der Waals surface area contributed by atoms with Crippen LogP contribution in [-0.4, -0.2) is 17.1 Å². The molecule has 104 valence electrons. The van der Waals surface area contributed by atoms with Gasteiger partial charge in [0.1, 0.15) is 5.75 Å². The van der Waals surface area contributed by atoms with Crippen molar-refractivity contribution in [2.75, 3.05) is 0 Å². The number of phenols is 1. The Labute approximate surface area is 127 Å². The van der Waals surface area contributed by atoms with E-state index >= 15 is 0 Å². The van der Waals surface area contributed by atoms with Crippen LogP contribution in [-0.2, 0) is 0 Å². The van der Waals surface area contributed by atoms with Gasteiger partial charge in [-0.1, -0.05) is 32.1 Å². The van der Waals surface area contributed by atoms with Gasteiger partial charge in [0.2, 0.25) is 0 Å². The molecule has 3 nitrogen and oxygen atoms in total. The lowest BCUT2D eigenvalue weighted by Gasteiger charge is -2.21. The summed E-state index contributed by atoms with van der Waals surface area (Å²) >= 11 is 2.15. The molecule has 1 fully saturated rings. The minimum absolute atomic E-state index is 0.0590. The monoisotopic (exact) mass is 373 g/mol. The van der Waals surface area contributed by atoms with Gasteiger partial charge >= 0.3 is 0 Å². The summed E-state index contributed by atoms with van der Waals surface area (Å²) in [5.74, 6) is -0.0923. The Morgan fingerprint density at radius 1 is 1.16 bits per heavy atom. The van der Waals surface area contributed by atoms with Crippen LogP contribution in [0.3, 0.4) is 0 Å². The molecule has 19 heavy (non-hydrogen) atoms. The Morgan fingerprint density at radius 3 is 2.47 bits per heavy atom. The van der Waals surface area contributed by atoms with Gasteiger partial charge in [-0.25, -0.2) is 0 Å². The Morgan fingerprint density at radius 2 is 1.79 bits per heavy atom. The predicted octanol–water partition coefficient (Wildman–Crippen LogP) is 3.84. The van der Waals surface area contributed by atoms with E-state index in [0.717, 1.165) is 16.4 Å². The number of carbonyl (C=O) groups is 1. The highest BCUT2D eigenvalue weighted by Gasteiger charge is 2.17. The smallest absolute Gasteiger partial charge is 0.255 e. The molecule has 1 amide bonds. The summed E-state index contributed by atoms with van der Waals surface area (Å²) in [7, 11) is 0. The van der Waals surface area contributed by atoms with E-state index < -0.39 is 0 Å². The Hall–Kier alpha value is -0.780. The van der Waals surface area contributed by atoms with Crippen molar-refractivity contribution < 1.29 is 9.90 Å². The summed E-state index contributed by atoms with van der Waals surface area (Å²) in [5.41, 5.74) is 0.383. The lowest BCUT2D eigenvalue weighted by atomic mass is 9.96. The fourth-order valence-electron chi connectivity index (χ4n) is 2.55. The molecule has 0 unspecified atom stereocenters. The molecule has 0 radical (unpaired) electrons. The molecule has 0 aliphatic heterocycles. The van der Waals surface area contributed by atoms with E-state index in [1.165, 1.54) is 32.1 Å². The number of benzene rings is 1. The number of phenolic OH excluding ortho intramolecular Hbond substituents is 1. The van der Waals surface area contributed by atoms with Crippen LogP contribution in [0.25, 0.3) is 0 Å². The van der Waals surface area contributed by atoms with Gasteiger partial charge in [-0.3, -0.25) is 4.79 Å². The summed E-state index contributed by atoms with van der Waals surface area (Å²) in [6.07, 6.45) is 8.32. The number of halogens is 1. The number of aromatic hydroxyl groups is 1. The van der Waals surface area contributed by atoms with Crippen molar-refractivity contribution >= 4 is 28.5 Å². The predicted molar refractivity (Wildman–Crippen MR) is 84.4 cm³/mol. The third kappa shape index (κ3) is 4.37. The molecule has 1 aliphatic carbocycles. The zero-order valence-electron chi connectivity index (χ0n) is 11.0. The van der Waals surface area contributed by atoms with Crippen molar-refractivity contribution in [1.29, 1.82) is 0 Å². The maximum atomic E-state index is 12.2. The summed E-state index contributed by atoms with van der Waals surface area (Å²) < 4.78 is 0.957. The van der Waals surface area contributed by atoms with Gasteiger partial charge in [-0.15, -0.1) is 0 Å². The average Bonchev–Trinajstić information content (AvgIpc) is 2.35. The van der Waals surface area contributed by atoms with Crippen molar-refractivity contribution in [2.24, 2.45) is 0 Å². The van der Waals surface area contributed by atoms with Gasteiger partial charge in [-0.05, 0) is 53.6 Å². The molecule has 0 aromatic heterocycles. The molecule has 1 saturated carbocycles. The van der Waals surface area contributed by atoms with Gasteiger partial charge in [-0.2, -0.15) is 0 Å². The van der Waals surface area contributed by atoms with Crippen molar-refractivity contribution in [3.63, 3.8) is 0 Å². The Balaban J connectivity index is 2.00. The van der Waals surface area contributed by atoms with E-state index in [-0.39, 0.29) is 17.7 Å². The minimum Gasteiger partial charge on any atom is -0.507 e. The summed E-state index contributed by atoms with van der Waals surface area (Å²) in [5, 5.41) is 12.8. The Bertz CT molecular complexity index is 440. The highest BCUT2D eigenvalue weighted by atomic mass is 127. The van der Waals surface area contributed by atoms with Crippen LogP contribution in [0.1, 0.15) is 55.3 Å². The van der Waals surface area contributed by atoms with E-state index in [4.69, 9.17) is 0 Å². The standard InChI is InChI=1S/C15H20INO2/c16-11-8-9-14(18)13(10-11)15(19)17-12-6-4-2-1-3-5-7-12/h8-10,12,18H,1-7H2,(H,17,19). The highest BCUT2D eigenvalue weighted by molar-refractivity contribution is 14.1. The lowest BCUT2D eigenvalue weighted by Crippen LogP contribution is -2.35. The first kappa shape index (κ1) is 14.6. The van der Waals surface area contributed by atoms with E-state index in [1.54, 1.807) is 18.2 Å².